The summed E-state index contributed by atoms with van der Waals surface area (Å²) in [6.45, 7) is 4.29. The zero-order valence-corrected chi connectivity index (χ0v) is 11.9. The predicted molar refractivity (Wildman–Crippen MR) is 73.4 cm³/mol. The number of carbonyl (C=O) groups is 1. The minimum atomic E-state index is -4.67. The third kappa shape index (κ3) is 3.68. The number of carboxylic acid groups (broad SMARTS) is 1. The summed E-state index contributed by atoms with van der Waals surface area (Å²) in [6, 6.07) is 3.35. The lowest BCUT2D eigenvalue weighted by molar-refractivity contribution is -0.138. The van der Waals surface area contributed by atoms with Crippen molar-refractivity contribution in [1.29, 1.82) is 0 Å². The lowest BCUT2D eigenvalue weighted by Gasteiger charge is -2.19. The van der Waals surface area contributed by atoms with Gasteiger partial charge in [-0.15, -0.1) is 0 Å². The number of halogens is 3. The minimum Gasteiger partial charge on any atom is -0.478 e. The molecule has 3 nitrogen and oxygen atoms in total. The number of hydrogen-bond acceptors (Lipinski definition) is 2. The first kappa shape index (κ1) is 15.7. The summed E-state index contributed by atoms with van der Waals surface area (Å²) in [7, 11) is 0. The summed E-state index contributed by atoms with van der Waals surface area (Å²) < 4.78 is 38.3. The predicted octanol–water partition coefficient (Wildman–Crippen LogP) is 4.39. The van der Waals surface area contributed by atoms with E-state index in [1.165, 1.54) is 6.07 Å². The van der Waals surface area contributed by atoms with Gasteiger partial charge < -0.3 is 10.4 Å². The zero-order valence-electron chi connectivity index (χ0n) is 11.9. The molecule has 116 valence electrons. The maximum Gasteiger partial charge on any atom is 0.417 e. The Morgan fingerprint density at radius 2 is 2.05 bits per heavy atom. The molecule has 1 unspecified atom stereocenters. The number of nitrogens with one attached hydrogen (secondary N) is 1. The Bertz CT molecular complexity index is 552. The van der Waals surface area contributed by atoms with Crippen molar-refractivity contribution in [3.05, 3.63) is 29.3 Å². The Hall–Kier alpha value is -1.72. The van der Waals surface area contributed by atoms with Gasteiger partial charge >= 0.3 is 12.1 Å². The molecule has 1 atom stereocenters. The number of aromatic carboxylic acids is 1. The molecule has 1 aromatic rings. The quantitative estimate of drug-likeness (QED) is 0.870. The smallest absolute Gasteiger partial charge is 0.417 e. The average molecular weight is 301 g/mol. The summed E-state index contributed by atoms with van der Waals surface area (Å²) in [5, 5.41) is 12.1. The fraction of sp³-hybridized carbons (Fsp3) is 0.533. The second-order valence-corrected chi connectivity index (χ2v) is 6.31. The number of rotatable bonds is 3. The van der Waals surface area contributed by atoms with E-state index in [1.807, 2.05) is 0 Å². The maximum atomic E-state index is 12.8. The third-order valence-corrected chi connectivity index (χ3v) is 3.89. The van der Waals surface area contributed by atoms with Crippen molar-refractivity contribution in [3.63, 3.8) is 0 Å². The van der Waals surface area contributed by atoms with Gasteiger partial charge in [-0.1, -0.05) is 13.8 Å². The van der Waals surface area contributed by atoms with Crippen LogP contribution in [0.5, 0.6) is 0 Å². The molecule has 21 heavy (non-hydrogen) atoms. The Morgan fingerprint density at radius 1 is 1.38 bits per heavy atom. The highest BCUT2D eigenvalue weighted by Crippen LogP contribution is 2.39. The van der Waals surface area contributed by atoms with Gasteiger partial charge in [-0.3, -0.25) is 0 Å². The summed E-state index contributed by atoms with van der Waals surface area (Å²) in [5.41, 5.74) is -1.21. The molecule has 1 saturated carbocycles. The molecule has 0 spiro atoms. The lowest BCUT2D eigenvalue weighted by atomic mass is 9.92. The maximum absolute atomic E-state index is 12.8. The Balaban J connectivity index is 2.23. The van der Waals surface area contributed by atoms with E-state index >= 15 is 0 Å². The van der Waals surface area contributed by atoms with Crippen molar-refractivity contribution < 1.29 is 23.1 Å². The molecule has 0 amide bonds. The topological polar surface area (TPSA) is 49.3 Å². The van der Waals surface area contributed by atoms with Crippen LogP contribution in [0.3, 0.4) is 0 Å². The fourth-order valence-corrected chi connectivity index (χ4v) is 2.85. The van der Waals surface area contributed by atoms with Gasteiger partial charge in [-0.2, -0.15) is 13.2 Å². The number of anilines is 1. The van der Waals surface area contributed by atoms with Gasteiger partial charge in [0.1, 0.15) is 0 Å². The Labute approximate surface area is 121 Å². The molecule has 2 rings (SSSR count). The van der Waals surface area contributed by atoms with Crippen LogP contribution in [0.15, 0.2) is 18.2 Å². The first-order valence-corrected chi connectivity index (χ1v) is 6.79. The molecule has 0 aromatic heterocycles. The van der Waals surface area contributed by atoms with E-state index in [4.69, 9.17) is 5.11 Å². The third-order valence-electron chi connectivity index (χ3n) is 3.89. The molecule has 0 aliphatic heterocycles. The van der Waals surface area contributed by atoms with Crippen LogP contribution in [0.25, 0.3) is 0 Å². The molecule has 0 radical (unpaired) electrons. The van der Waals surface area contributed by atoms with Crippen molar-refractivity contribution in [3.8, 4) is 0 Å². The van der Waals surface area contributed by atoms with Crippen molar-refractivity contribution >= 4 is 11.7 Å². The van der Waals surface area contributed by atoms with Crippen molar-refractivity contribution in [2.75, 3.05) is 5.32 Å². The molecular weight excluding hydrogens is 283 g/mol. The number of hydrogen-bond donors (Lipinski definition) is 2. The number of benzene rings is 1. The van der Waals surface area contributed by atoms with Gasteiger partial charge in [0, 0.05) is 11.7 Å². The van der Waals surface area contributed by atoms with Crippen LogP contribution >= 0.6 is 0 Å². The van der Waals surface area contributed by atoms with E-state index in [1.54, 1.807) is 0 Å². The largest absolute Gasteiger partial charge is 0.478 e. The van der Waals surface area contributed by atoms with Gasteiger partial charge in [0.25, 0.3) is 0 Å². The highest BCUT2D eigenvalue weighted by Gasteiger charge is 2.36. The standard InChI is InChI=1S/C15H18F3NO2/c1-14(2)6-5-10(8-14)19-9-3-4-12(15(16,17)18)11(7-9)13(20)21/h3-4,7,10,19H,5-6,8H2,1-2H3,(H,20,21). The minimum absolute atomic E-state index is 0.165. The van der Waals surface area contributed by atoms with Gasteiger partial charge in [-0.25, -0.2) is 4.79 Å². The molecule has 6 heteroatoms. The SMILES string of the molecule is CC1(C)CCC(Nc2ccc(C(F)(F)F)c(C(=O)O)c2)C1. The van der Waals surface area contributed by atoms with E-state index in [2.05, 4.69) is 19.2 Å². The van der Waals surface area contributed by atoms with Gasteiger partial charge in [-0.05, 0) is 42.9 Å². The Morgan fingerprint density at radius 3 is 2.52 bits per heavy atom. The van der Waals surface area contributed by atoms with Crippen LogP contribution in [0.2, 0.25) is 0 Å². The van der Waals surface area contributed by atoms with Gasteiger partial charge in [0.2, 0.25) is 0 Å². The summed E-state index contributed by atoms with van der Waals surface area (Å²) in [6.07, 6.45) is -1.79. The van der Waals surface area contributed by atoms with Crippen LogP contribution in [-0.2, 0) is 6.18 Å². The van der Waals surface area contributed by atoms with E-state index in [9.17, 15) is 18.0 Å². The molecule has 1 aromatic carbocycles. The highest BCUT2D eigenvalue weighted by atomic mass is 19.4. The monoisotopic (exact) mass is 301 g/mol. The summed E-state index contributed by atoms with van der Waals surface area (Å²) >= 11 is 0. The molecular formula is C15H18F3NO2. The van der Waals surface area contributed by atoms with Gasteiger partial charge in [0.05, 0.1) is 11.1 Å². The van der Waals surface area contributed by atoms with Crippen LogP contribution in [-0.4, -0.2) is 17.1 Å². The van der Waals surface area contributed by atoms with E-state index in [-0.39, 0.29) is 11.5 Å². The molecule has 2 N–H and O–H groups in total. The highest BCUT2D eigenvalue weighted by molar-refractivity contribution is 5.91. The van der Waals surface area contributed by atoms with Crippen LogP contribution in [0.1, 0.15) is 49.0 Å². The van der Waals surface area contributed by atoms with Crippen LogP contribution < -0.4 is 5.32 Å². The number of alkyl halides is 3. The number of carboxylic acids is 1. The van der Waals surface area contributed by atoms with Crippen LogP contribution in [0, 0.1) is 5.41 Å². The first-order chi connectivity index (χ1) is 9.58. The summed E-state index contributed by atoms with van der Waals surface area (Å²) in [4.78, 5) is 11.0. The molecule has 1 aliphatic carbocycles. The van der Waals surface area contributed by atoms with E-state index in [0.717, 1.165) is 31.4 Å². The summed E-state index contributed by atoms with van der Waals surface area (Å²) in [5.74, 6) is -1.57. The lowest BCUT2D eigenvalue weighted by Crippen LogP contribution is -2.19. The normalized spacial score (nSPS) is 21.3. The molecule has 0 heterocycles. The van der Waals surface area contributed by atoms with Crippen LogP contribution in [0.4, 0.5) is 18.9 Å². The molecule has 1 aliphatic rings. The first-order valence-electron chi connectivity index (χ1n) is 6.79. The second-order valence-electron chi connectivity index (χ2n) is 6.31. The Kier molecular flexibility index (Phi) is 3.91. The van der Waals surface area contributed by atoms with E-state index < -0.39 is 23.3 Å². The second kappa shape index (κ2) is 5.24. The van der Waals surface area contributed by atoms with Crippen molar-refractivity contribution in [2.45, 2.75) is 45.3 Å². The van der Waals surface area contributed by atoms with Crippen molar-refractivity contribution in [2.24, 2.45) is 5.41 Å². The van der Waals surface area contributed by atoms with E-state index in [0.29, 0.717) is 5.69 Å². The average Bonchev–Trinajstić information content (AvgIpc) is 2.67. The molecule has 1 fully saturated rings. The zero-order chi connectivity index (χ0) is 15.8. The van der Waals surface area contributed by atoms with Crippen molar-refractivity contribution in [1.82, 2.24) is 0 Å². The molecule has 0 bridgehead atoms. The molecule has 0 saturated heterocycles. The fourth-order valence-electron chi connectivity index (χ4n) is 2.85. The van der Waals surface area contributed by atoms with Gasteiger partial charge in [0.15, 0.2) is 0 Å².